The maximum Gasteiger partial charge on any atom is 0.256 e. The highest BCUT2D eigenvalue weighted by Crippen LogP contribution is 2.37. The fraction of sp³-hybridized carbons (Fsp3) is 0.241. The zero-order valence-corrected chi connectivity index (χ0v) is 20.7. The average Bonchev–Trinajstić information content (AvgIpc) is 3.50. The number of ketones is 1. The molecule has 1 aliphatic carbocycles. The minimum Gasteiger partial charge on any atom is -0.457 e. The number of para-hydroxylation sites is 1. The van der Waals surface area contributed by atoms with Crippen LogP contribution in [0.1, 0.15) is 57.5 Å². The highest BCUT2D eigenvalue weighted by Gasteiger charge is 2.37. The number of carbonyl (C=O) groups is 2. The van der Waals surface area contributed by atoms with Crippen LogP contribution in [0, 0.1) is 17.2 Å². The van der Waals surface area contributed by atoms with Crippen molar-refractivity contribution in [3.63, 3.8) is 0 Å². The summed E-state index contributed by atoms with van der Waals surface area (Å²) in [7, 11) is 0. The van der Waals surface area contributed by atoms with Crippen LogP contribution < -0.4 is 4.74 Å². The summed E-state index contributed by atoms with van der Waals surface area (Å²) < 4.78 is 5.84. The van der Waals surface area contributed by atoms with Crippen molar-refractivity contribution in [2.75, 3.05) is 0 Å². The molecular formula is C29H23ClN4O3. The largest absolute Gasteiger partial charge is 0.457 e. The van der Waals surface area contributed by atoms with Crippen molar-refractivity contribution in [3.8, 4) is 17.6 Å². The molecule has 7 nitrogen and oxygen atoms in total. The summed E-state index contributed by atoms with van der Waals surface area (Å²) >= 11 is 6.54. The van der Waals surface area contributed by atoms with Gasteiger partial charge in [-0.15, -0.1) is 0 Å². The van der Waals surface area contributed by atoms with Crippen molar-refractivity contribution in [2.24, 2.45) is 5.92 Å². The lowest BCUT2D eigenvalue weighted by atomic mass is 9.86. The Balaban J connectivity index is 1.30. The molecule has 1 amide bonds. The van der Waals surface area contributed by atoms with E-state index in [0.29, 0.717) is 45.8 Å². The molecule has 2 aromatic heterocycles. The molecule has 0 radical (unpaired) electrons. The molecule has 0 saturated heterocycles. The summed E-state index contributed by atoms with van der Waals surface area (Å²) in [4.78, 5) is 36.3. The number of hydrogen-bond donors (Lipinski definition) is 1. The Hall–Kier alpha value is -4.15. The molecule has 1 saturated carbocycles. The van der Waals surface area contributed by atoms with Gasteiger partial charge in [-0.25, -0.2) is 4.98 Å². The van der Waals surface area contributed by atoms with Crippen molar-refractivity contribution in [3.05, 3.63) is 88.2 Å². The van der Waals surface area contributed by atoms with E-state index in [4.69, 9.17) is 16.3 Å². The van der Waals surface area contributed by atoms with Gasteiger partial charge in [0.05, 0.1) is 16.7 Å². The van der Waals surface area contributed by atoms with E-state index in [1.54, 1.807) is 30.6 Å². The first-order chi connectivity index (χ1) is 18.0. The van der Waals surface area contributed by atoms with E-state index < -0.39 is 0 Å². The first-order valence-electron chi connectivity index (χ1n) is 12.3. The molecule has 0 spiro atoms. The van der Waals surface area contributed by atoms with Gasteiger partial charge in [-0.2, -0.15) is 5.26 Å². The van der Waals surface area contributed by atoms with Gasteiger partial charge in [-0.1, -0.05) is 29.8 Å². The Labute approximate surface area is 218 Å². The van der Waals surface area contributed by atoms with Crippen LogP contribution in [0.2, 0.25) is 5.02 Å². The van der Waals surface area contributed by atoms with Crippen molar-refractivity contribution in [1.29, 1.82) is 5.26 Å². The lowest BCUT2D eigenvalue weighted by Gasteiger charge is -2.32. The summed E-state index contributed by atoms with van der Waals surface area (Å²) in [5, 5.41) is 10.2. The number of hydrogen-bond acceptors (Lipinski definition) is 5. The minimum atomic E-state index is -0.252. The molecule has 0 unspecified atom stereocenters. The molecule has 184 valence electrons. The van der Waals surface area contributed by atoms with Crippen LogP contribution in [-0.4, -0.2) is 32.6 Å². The number of nitrogens with one attached hydrogen (secondary N) is 1. The molecule has 37 heavy (non-hydrogen) atoms. The van der Waals surface area contributed by atoms with Gasteiger partial charge in [-0.05, 0) is 55.5 Å². The van der Waals surface area contributed by atoms with E-state index in [1.165, 1.54) is 0 Å². The molecule has 0 atom stereocenters. The normalized spacial score (nSPS) is 19.0. The maximum absolute atomic E-state index is 13.6. The van der Waals surface area contributed by atoms with Crippen molar-refractivity contribution >= 4 is 34.3 Å². The van der Waals surface area contributed by atoms with Crippen LogP contribution in [0.15, 0.2) is 60.9 Å². The molecule has 4 aromatic rings. The van der Waals surface area contributed by atoms with Gasteiger partial charge in [0.1, 0.15) is 17.1 Å². The lowest BCUT2D eigenvalue weighted by molar-refractivity contribution is 0.0648. The molecule has 1 aliphatic heterocycles. The zero-order valence-electron chi connectivity index (χ0n) is 19.9. The first kappa shape index (κ1) is 23.3. The number of benzene rings is 2. The number of amides is 1. The second kappa shape index (κ2) is 9.38. The topological polar surface area (TPSA) is 99.1 Å². The molecule has 1 fully saturated rings. The monoisotopic (exact) mass is 510 g/mol. The number of fused-ring (bicyclic) bond motifs is 3. The van der Waals surface area contributed by atoms with E-state index in [9.17, 15) is 14.9 Å². The first-order valence-corrected chi connectivity index (χ1v) is 12.7. The van der Waals surface area contributed by atoms with Gasteiger partial charge in [0, 0.05) is 53.5 Å². The Morgan fingerprint density at radius 3 is 2.59 bits per heavy atom. The molecule has 2 aliphatic rings. The number of nitriles is 1. The smallest absolute Gasteiger partial charge is 0.256 e. The third-order valence-electron chi connectivity index (χ3n) is 7.36. The summed E-state index contributed by atoms with van der Waals surface area (Å²) in [6.07, 6.45) is 6.43. The SMILES string of the molecule is N#CC1CCC(N2Cc3c(cnc4[nH]cc(C(=O)c5ccc(Oc6ccccc6)cc5Cl)c34)C2=O)CC1. The third-order valence-corrected chi connectivity index (χ3v) is 7.67. The second-order valence-electron chi connectivity index (χ2n) is 9.53. The summed E-state index contributed by atoms with van der Waals surface area (Å²) in [6.45, 7) is 0.421. The highest BCUT2D eigenvalue weighted by atomic mass is 35.5. The fourth-order valence-corrected chi connectivity index (χ4v) is 5.67. The van der Waals surface area contributed by atoms with Crippen LogP contribution in [-0.2, 0) is 6.54 Å². The van der Waals surface area contributed by atoms with E-state index in [0.717, 1.165) is 31.2 Å². The number of pyridine rings is 1. The Kier molecular flexibility index (Phi) is 5.90. The Morgan fingerprint density at radius 1 is 1.08 bits per heavy atom. The summed E-state index contributed by atoms with van der Waals surface area (Å²) in [6, 6.07) is 16.8. The molecule has 8 heteroatoms. The number of nitrogens with zero attached hydrogens (tertiary/aromatic N) is 3. The van der Waals surface area contributed by atoms with Crippen LogP contribution >= 0.6 is 11.6 Å². The predicted octanol–water partition coefficient (Wildman–Crippen LogP) is 6.28. The second-order valence-corrected chi connectivity index (χ2v) is 9.94. The fourth-order valence-electron chi connectivity index (χ4n) is 5.41. The number of carbonyl (C=O) groups excluding carboxylic acids is 2. The number of aromatic amines is 1. The average molecular weight is 511 g/mol. The van der Waals surface area contributed by atoms with Gasteiger partial charge in [0.2, 0.25) is 0 Å². The molecule has 2 aromatic carbocycles. The summed E-state index contributed by atoms with van der Waals surface area (Å²) in [5.74, 6) is 0.948. The quantitative estimate of drug-likeness (QED) is 0.319. The van der Waals surface area contributed by atoms with E-state index in [-0.39, 0.29) is 28.7 Å². The van der Waals surface area contributed by atoms with Gasteiger partial charge in [-0.3, -0.25) is 9.59 Å². The third kappa shape index (κ3) is 4.13. The van der Waals surface area contributed by atoms with Crippen LogP contribution in [0.3, 0.4) is 0 Å². The van der Waals surface area contributed by atoms with Gasteiger partial charge in [0.15, 0.2) is 5.78 Å². The summed E-state index contributed by atoms with van der Waals surface area (Å²) in [5.41, 5.74) is 2.67. The van der Waals surface area contributed by atoms with E-state index in [2.05, 4.69) is 16.0 Å². The molecule has 3 heterocycles. The molecule has 1 N–H and O–H groups in total. The van der Waals surface area contributed by atoms with Gasteiger partial charge in [0.25, 0.3) is 5.91 Å². The molecule has 6 rings (SSSR count). The minimum absolute atomic E-state index is 0.0628. The van der Waals surface area contributed by atoms with E-state index >= 15 is 0 Å². The van der Waals surface area contributed by atoms with E-state index in [1.807, 2.05) is 35.2 Å². The van der Waals surface area contributed by atoms with Crippen molar-refractivity contribution in [1.82, 2.24) is 14.9 Å². The van der Waals surface area contributed by atoms with Gasteiger partial charge < -0.3 is 14.6 Å². The molecular weight excluding hydrogens is 488 g/mol. The van der Waals surface area contributed by atoms with Crippen LogP contribution in [0.4, 0.5) is 0 Å². The highest BCUT2D eigenvalue weighted by molar-refractivity contribution is 6.35. The number of aromatic nitrogens is 2. The maximum atomic E-state index is 13.6. The van der Waals surface area contributed by atoms with Crippen LogP contribution in [0.25, 0.3) is 11.0 Å². The number of ether oxygens (including phenoxy) is 1. The number of halogens is 1. The van der Waals surface area contributed by atoms with Crippen LogP contribution in [0.5, 0.6) is 11.5 Å². The molecule has 0 bridgehead atoms. The van der Waals surface area contributed by atoms with Crippen molar-refractivity contribution < 1.29 is 14.3 Å². The van der Waals surface area contributed by atoms with Crippen molar-refractivity contribution in [2.45, 2.75) is 38.3 Å². The number of H-pyrrole nitrogens is 1. The number of rotatable bonds is 5. The lowest BCUT2D eigenvalue weighted by Crippen LogP contribution is -2.38. The van der Waals surface area contributed by atoms with Gasteiger partial charge >= 0.3 is 0 Å². The predicted molar refractivity (Wildman–Crippen MR) is 139 cm³/mol. The Bertz CT molecular complexity index is 1570. The zero-order chi connectivity index (χ0) is 25.5. The Morgan fingerprint density at radius 2 is 1.86 bits per heavy atom. The standard InChI is InChI=1S/C29H23ClN4O3/c30-25-12-20(37-19-4-2-1-3-5-19)10-11-21(25)27(35)23-15-33-28-26(23)24-16-34(29(36)22(24)14-32-28)18-8-6-17(13-31)7-9-18/h1-5,10-12,14-15,17-18H,6-9,16H2,(H,32,33).